The van der Waals surface area contributed by atoms with E-state index in [1.807, 2.05) is 6.92 Å². The smallest absolute Gasteiger partial charge is 0.418 e. The summed E-state index contributed by atoms with van der Waals surface area (Å²) in [5, 5.41) is 4.95. The number of carbonyl (C=O) groups is 3. The van der Waals surface area contributed by atoms with E-state index in [2.05, 4.69) is 10.6 Å². The van der Waals surface area contributed by atoms with Crippen LogP contribution in [0.5, 0.6) is 0 Å². The van der Waals surface area contributed by atoms with E-state index in [4.69, 9.17) is 4.74 Å². The van der Waals surface area contributed by atoms with Gasteiger partial charge in [0.05, 0.1) is 28.3 Å². The molecular formula is C24H21F3N2O4S. The Morgan fingerprint density at radius 1 is 0.941 bits per heavy atom. The van der Waals surface area contributed by atoms with E-state index in [1.165, 1.54) is 19.1 Å². The third-order valence-electron chi connectivity index (χ3n) is 4.85. The third-order valence-corrected chi connectivity index (χ3v) is 6.06. The van der Waals surface area contributed by atoms with Crippen molar-refractivity contribution in [3.63, 3.8) is 0 Å². The van der Waals surface area contributed by atoms with Crippen LogP contribution >= 0.6 is 11.3 Å². The molecule has 0 bridgehead atoms. The van der Waals surface area contributed by atoms with Gasteiger partial charge in [0, 0.05) is 5.56 Å². The Balaban J connectivity index is 1.97. The Bertz CT molecular complexity index is 1230. The van der Waals surface area contributed by atoms with Crippen molar-refractivity contribution in [2.24, 2.45) is 0 Å². The SMILES string of the molecule is CCOC(=O)c1c(NC(=O)c2ccc(C)cc2)sc(C(=O)Nc2ccccc2C(F)(F)F)c1C. The fraction of sp³-hybridized carbons (Fsp3) is 0.208. The van der Waals surface area contributed by atoms with Gasteiger partial charge in [-0.15, -0.1) is 11.3 Å². The number of benzene rings is 2. The Morgan fingerprint density at radius 3 is 2.21 bits per heavy atom. The predicted octanol–water partition coefficient (Wildman–Crippen LogP) is 6.07. The van der Waals surface area contributed by atoms with Crippen molar-refractivity contribution < 1.29 is 32.3 Å². The first-order valence-electron chi connectivity index (χ1n) is 10.2. The van der Waals surface area contributed by atoms with Gasteiger partial charge in [-0.2, -0.15) is 13.2 Å². The van der Waals surface area contributed by atoms with E-state index >= 15 is 0 Å². The second-order valence-corrected chi connectivity index (χ2v) is 8.32. The van der Waals surface area contributed by atoms with Crippen molar-refractivity contribution in [2.75, 3.05) is 17.2 Å². The molecule has 34 heavy (non-hydrogen) atoms. The van der Waals surface area contributed by atoms with Crippen molar-refractivity contribution in [1.82, 2.24) is 0 Å². The van der Waals surface area contributed by atoms with E-state index in [9.17, 15) is 27.6 Å². The number of amides is 2. The first kappa shape index (κ1) is 25.0. The average molecular weight is 491 g/mol. The summed E-state index contributed by atoms with van der Waals surface area (Å²) in [5.41, 5.74) is 0.0170. The normalized spacial score (nSPS) is 11.1. The summed E-state index contributed by atoms with van der Waals surface area (Å²) >= 11 is 0.781. The summed E-state index contributed by atoms with van der Waals surface area (Å²) in [4.78, 5) is 38.2. The van der Waals surface area contributed by atoms with Crippen molar-refractivity contribution in [2.45, 2.75) is 26.9 Å². The molecule has 178 valence electrons. The number of hydrogen-bond donors (Lipinski definition) is 2. The summed E-state index contributed by atoms with van der Waals surface area (Å²) in [6.07, 6.45) is -4.67. The largest absolute Gasteiger partial charge is 0.462 e. The lowest BCUT2D eigenvalue weighted by molar-refractivity contribution is -0.136. The molecule has 2 aromatic carbocycles. The van der Waals surface area contributed by atoms with E-state index in [0.29, 0.717) is 5.56 Å². The fourth-order valence-electron chi connectivity index (χ4n) is 3.17. The quantitative estimate of drug-likeness (QED) is 0.411. The zero-order valence-corrected chi connectivity index (χ0v) is 19.3. The molecule has 0 radical (unpaired) electrons. The number of ether oxygens (including phenoxy) is 1. The van der Waals surface area contributed by atoms with Gasteiger partial charge in [0.25, 0.3) is 11.8 Å². The standard InChI is InChI=1S/C24H21F3N2O4S/c1-4-33-23(32)18-14(3)19(21(31)28-17-8-6-5-7-16(17)24(25,26)27)34-22(18)29-20(30)15-11-9-13(2)10-12-15/h5-12H,4H2,1-3H3,(H,28,31)(H,29,30). The van der Waals surface area contributed by atoms with E-state index in [-0.39, 0.29) is 27.6 Å². The molecule has 3 aromatic rings. The van der Waals surface area contributed by atoms with Gasteiger partial charge in [0.1, 0.15) is 5.00 Å². The van der Waals surface area contributed by atoms with Crippen molar-refractivity contribution in [3.05, 3.63) is 81.2 Å². The number of thiophene rings is 1. The molecule has 2 amide bonds. The molecule has 0 spiro atoms. The Kier molecular flexibility index (Phi) is 7.41. The number of anilines is 2. The highest BCUT2D eigenvalue weighted by molar-refractivity contribution is 7.19. The second-order valence-electron chi connectivity index (χ2n) is 7.30. The zero-order chi connectivity index (χ0) is 25.0. The van der Waals surface area contributed by atoms with E-state index < -0.39 is 35.2 Å². The van der Waals surface area contributed by atoms with Crippen LogP contribution in [0, 0.1) is 13.8 Å². The number of esters is 1. The fourth-order valence-corrected chi connectivity index (χ4v) is 4.25. The molecule has 0 aliphatic carbocycles. The number of para-hydroxylation sites is 1. The van der Waals surface area contributed by atoms with Gasteiger partial charge in [0.15, 0.2) is 0 Å². The minimum atomic E-state index is -4.67. The number of hydrogen-bond acceptors (Lipinski definition) is 5. The molecule has 6 nitrogen and oxygen atoms in total. The molecule has 0 atom stereocenters. The van der Waals surface area contributed by atoms with Crippen LogP contribution in [0.4, 0.5) is 23.9 Å². The lowest BCUT2D eigenvalue weighted by atomic mass is 10.1. The number of nitrogens with one attached hydrogen (secondary N) is 2. The van der Waals surface area contributed by atoms with Crippen LogP contribution in [0.3, 0.4) is 0 Å². The minimum Gasteiger partial charge on any atom is -0.462 e. The molecule has 0 aliphatic heterocycles. The van der Waals surface area contributed by atoms with E-state index in [1.54, 1.807) is 31.2 Å². The minimum absolute atomic E-state index is 0.0263. The maximum Gasteiger partial charge on any atom is 0.418 e. The number of rotatable bonds is 6. The molecule has 3 rings (SSSR count). The summed E-state index contributed by atoms with van der Waals surface area (Å²) in [5.74, 6) is -2.12. The number of alkyl halides is 3. The average Bonchev–Trinajstić information content (AvgIpc) is 3.09. The molecule has 10 heteroatoms. The highest BCUT2D eigenvalue weighted by Gasteiger charge is 2.34. The first-order chi connectivity index (χ1) is 16.0. The maximum absolute atomic E-state index is 13.3. The van der Waals surface area contributed by atoms with Crippen LogP contribution in [0.15, 0.2) is 48.5 Å². The zero-order valence-electron chi connectivity index (χ0n) is 18.5. The van der Waals surface area contributed by atoms with Crippen LogP contribution in [-0.4, -0.2) is 24.4 Å². The van der Waals surface area contributed by atoms with Gasteiger partial charge in [-0.3, -0.25) is 9.59 Å². The number of halogens is 3. The van der Waals surface area contributed by atoms with Crippen molar-refractivity contribution >= 4 is 39.8 Å². The topological polar surface area (TPSA) is 84.5 Å². The van der Waals surface area contributed by atoms with E-state index in [0.717, 1.165) is 29.0 Å². The van der Waals surface area contributed by atoms with Crippen LogP contribution in [0.1, 0.15) is 54.0 Å². The van der Waals surface area contributed by atoms with Gasteiger partial charge in [-0.05, 0) is 50.6 Å². The molecule has 0 saturated carbocycles. The van der Waals surface area contributed by atoms with Crippen LogP contribution < -0.4 is 10.6 Å². The van der Waals surface area contributed by atoms with Gasteiger partial charge in [0.2, 0.25) is 0 Å². The molecule has 0 saturated heterocycles. The predicted molar refractivity (Wildman–Crippen MR) is 124 cm³/mol. The van der Waals surface area contributed by atoms with Crippen LogP contribution in [0.2, 0.25) is 0 Å². The Morgan fingerprint density at radius 2 is 1.59 bits per heavy atom. The summed E-state index contributed by atoms with van der Waals surface area (Å²) in [6, 6.07) is 11.3. The molecule has 0 unspecified atom stereocenters. The molecule has 1 heterocycles. The maximum atomic E-state index is 13.3. The van der Waals surface area contributed by atoms with Gasteiger partial charge in [-0.1, -0.05) is 29.8 Å². The molecule has 0 aliphatic rings. The number of aryl methyl sites for hydroxylation is 1. The summed E-state index contributed by atoms with van der Waals surface area (Å²) < 4.78 is 45.0. The lowest BCUT2D eigenvalue weighted by Gasteiger charge is -2.13. The molecule has 2 N–H and O–H groups in total. The van der Waals surface area contributed by atoms with Gasteiger partial charge >= 0.3 is 12.1 Å². The number of carbonyl (C=O) groups excluding carboxylic acids is 3. The summed E-state index contributed by atoms with van der Waals surface area (Å²) in [7, 11) is 0. The van der Waals surface area contributed by atoms with Crippen LogP contribution in [0.25, 0.3) is 0 Å². The monoisotopic (exact) mass is 490 g/mol. The highest BCUT2D eigenvalue weighted by Crippen LogP contribution is 2.37. The van der Waals surface area contributed by atoms with Crippen molar-refractivity contribution in [1.29, 1.82) is 0 Å². The molecule has 0 fully saturated rings. The third kappa shape index (κ3) is 5.45. The summed E-state index contributed by atoms with van der Waals surface area (Å²) in [6.45, 7) is 4.99. The lowest BCUT2D eigenvalue weighted by Crippen LogP contribution is -2.17. The molecular weight excluding hydrogens is 469 g/mol. The highest BCUT2D eigenvalue weighted by atomic mass is 32.1. The Labute approximate surface area is 197 Å². The van der Waals surface area contributed by atoms with Crippen molar-refractivity contribution in [3.8, 4) is 0 Å². The van der Waals surface area contributed by atoms with Crippen LogP contribution in [-0.2, 0) is 10.9 Å². The van der Waals surface area contributed by atoms with Gasteiger partial charge in [-0.25, -0.2) is 4.79 Å². The van der Waals surface area contributed by atoms with Gasteiger partial charge < -0.3 is 15.4 Å². The molecule has 1 aromatic heterocycles. The second kappa shape index (κ2) is 10.1. The first-order valence-corrected chi connectivity index (χ1v) is 11.0. The Hall–Kier alpha value is -3.66.